The normalized spacial score (nSPS) is 12.8. The molecule has 2 N–H and O–H groups in total. The second kappa shape index (κ2) is 17.7. The van der Waals surface area contributed by atoms with Gasteiger partial charge in [0, 0.05) is 0 Å². The molecule has 0 amide bonds. The Kier molecular flexibility index (Phi) is 12.6. The molecule has 0 fully saturated rings. The predicted octanol–water partition coefficient (Wildman–Crippen LogP) is 13.0. The van der Waals surface area contributed by atoms with Crippen molar-refractivity contribution in [1.29, 1.82) is 0 Å². The van der Waals surface area contributed by atoms with Crippen molar-refractivity contribution >= 4 is 77.6 Å². The SMILES string of the molecule is OB(O)P(c1ccccc1-c1c(F)c(F)c(F)c2c(F)c(F)c(F)c(F)c12)(c1c(F)c(F)c(F)c2c(F)c(F)c(F)c(F)c12)(c1c(F)c(F)c(F)c2c(F)c(F)c(F)c(F)c12)c1c(F)c(F)c(F)c2c(F)c(F)c(F)c(F)c12. The zero-order valence-electron chi connectivity index (χ0n) is 35.8. The van der Waals surface area contributed by atoms with Gasteiger partial charge in [0.1, 0.15) is 0 Å². The Morgan fingerprint density at radius 2 is 0.436 bits per heavy atom. The van der Waals surface area contributed by atoms with Crippen molar-refractivity contribution in [2.75, 3.05) is 0 Å². The summed E-state index contributed by atoms with van der Waals surface area (Å²) in [5.74, 6) is -102. The fourth-order valence-corrected chi connectivity index (χ4v) is 16.7. The fourth-order valence-electron chi connectivity index (χ4n) is 9.76. The van der Waals surface area contributed by atoms with Gasteiger partial charge in [-0.3, -0.25) is 0 Å². The van der Waals surface area contributed by atoms with Crippen LogP contribution in [0.4, 0.5) is 123 Å². The van der Waals surface area contributed by atoms with Crippen LogP contribution in [0.3, 0.4) is 0 Å². The Morgan fingerprint density at radius 3 is 0.705 bits per heavy atom. The average Bonchev–Trinajstić information content (AvgIpc) is 0.960. The number of fused-ring (bicyclic) bond motifs is 4. The number of benzene rings is 9. The number of rotatable bonds is 6. The molecule has 0 bridgehead atoms. The number of halogens is 28. The Hall–Kier alpha value is -7.53. The van der Waals surface area contributed by atoms with Crippen LogP contribution in [0, 0.1) is 163 Å². The van der Waals surface area contributed by atoms with E-state index in [-0.39, 0.29) is 12.1 Å². The van der Waals surface area contributed by atoms with Crippen LogP contribution in [0.15, 0.2) is 24.3 Å². The van der Waals surface area contributed by atoms with Crippen LogP contribution in [0.1, 0.15) is 0 Å². The molecule has 0 spiro atoms. The molecular formula is C46H6BF28O2P. The van der Waals surface area contributed by atoms with Crippen LogP contribution >= 0.6 is 6.48 Å². The molecule has 9 rings (SSSR count). The van der Waals surface area contributed by atoms with Crippen molar-refractivity contribution in [2.45, 2.75) is 0 Å². The molecule has 0 aliphatic rings. The van der Waals surface area contributed by atoms with Gasteiger partial charge in [-0.25, -0.2) is 0 Å². The molecule has 0 aliphatic carbocycles. The van der Waals surface area contributed by atoms with Crippen LogP contribution in [0.25, 0.3) is 54.2 Å². The summed E-state index contributed by atoms with van der Waals surface area (Å²) >= 11 is 0. The summed E-state index contributed by atoms with van der Waals surface area (Å²) < 4.78 is 457. The molecule has 9 aromatic carbocycles. The van der Waals surface area contributed by atoms with Crippen molar-refractivity contribution in [3.63, 3.8) is 0 Å². The first-order valence-corrected chi connectivity index (χ1v) is 22.3. The van der Waals surface area contributed by atoms with Gasteiger partial charge in [0.2, 0.25) is 0 Å². The third-order valence-corrected chi connectivity index (χ3v) is 19.2. The minimum absolute atomic E-state index is 0.0494. The topological polar surface area (TPSA) is 40.5 Å². The molecule has 0 aliphatic heterocycles. The Labute approximate surface area is 408 Å². The molecule has 9 aromatic rings. The molecule has 0 radical (unpaired) electrons. The summed E-state index contributed by atoms with van der Waals surface area (Å²) in [6.45, 7) is -16.3. The van der Waals surface area contributed by atoms with Crippen LogP contribution in [-0.2, 0) is 0 Å². The van der Waals surface area contributed by atoms with Crippen molar-refractivity contribution in [3.05, 3.63) is 187 Å². The van der Waals surface area contributed by atoms with Crippen molar-refractivity contribution < 1.29 is 133 Å². The minimum atomic E-state index is -10.6. The molecule has 78 heavy (non-hydrogen) atoms. The summed E-state index contributed by atoms with van der Waals surface area (Å²) in [6.07, 6.45) is 0. The van der Waals surface area contributed by atoms with E-state index < -0.39 is 264 Å². The maximum atomic E-state index is 18.1. The molecular weight excluding hydrogens is 1160 g/mol. The molecule has 0 heterocycles. The standard InChI is InChI=1S/C46H6BF28O2P/c48-16-7(8-9(18(50)29(16)61)19(51)31(63)30(62)17(8)49)5-3-1-2-4-6(5)78(47(76)77,44-13-10(23(55)38(70)41(44)73)20(52)32(64)35(67)26(13)58,45-14-11(24(56)39(71)42(45)74)21(53)33(65)36(68)27(14)59)46-15-12(25(57)40(72)43(46)75)22(54)34(66)37(69)28(15)60/h1-4,76-77H. The van der Waals surface area contributed by atoms with E-state index in [1.807, 2.05) is 0 Å². The molecule has 0 saturated heterocycles. The third kappa shape index (κ3) is 6.24. The van der Waals surface area contributed by atoms with Gasteiger partial charge in [-0.1, -0.05) is 0 Å². The van der Waals surface area contributed by atoms with Gasteiger partial charge in [-0.2, -0.15) is 0 Å². The monoisotopic (exact) mass is 1160 g/mol. The molecule has 0 aromatic heterocycles. The zero-order valence-corrected chi connectivity index (χ0v) is 36.7. The number of hydrogen-bond donors (Lipinski definition) is 2. The van der Waals surface area contributed by atoms with Gasteiger partial charge in [0.15, 0.2) is 0 Å². The zero-order chi connectivity index (χ0) is 58.1. The molecule has 2 nitrogen and oxygen atoms in total. The predicted molar refractivity (Wildman–Crippen MR) is 216 cm³/mol. The van der Waals surface area contributed by atoms with E-state index in [1.54, 1.807) is 0 Å². The molecule has 0 saturated carbocycles. The van der Waals surface area contributed by atoms with E-state index in [9.17, 15) is 14.4 Å². The summed E-state index contributed by atoms with van der Waals surface area (Å²) in [4.78, 5) is 0. The first-order chi connectivity index (χ1) is 36.3. The van der Waals surface area contributed by atoms with E-state index in [0.29, 0.717) is 0 Å². The summed E-state index contributed by atoms with van der Waals surface area (Å²) in [5, 5.41) is -15.9. The van der Waals surface area contributed by atoms with Crippen LogP contribution < -0.4 is 21.2 Å². The van der Waals surface area contributed by atoms with Gasteiger partial charge in [-0.05, 0) is 0 Å². The first-order valence-electron chi connectivity index (χ1n) is 20.0. The van der Waals surface area contributed by atoms with Crippen LogP contribution in [0.5, 0.6) is 0 Å². The van der Waals surface area contributed by atoms with Gasteiger partial charge >= 0.3 is 409 Å². The van der Waals surface area contributed by atoms with Gasteiger partial charge in [0.25, 0.3) is 0 Å². The number of hydrogen-bond acceptors (Lipinski definition) is 2. The maximum absolute atomic E-state index is 18.1. The fraction of sp³-hybridized carbons (Fsp3) is 0. The van der Waals surface area contributed by atoms with Crippen LogP contribution in [0.2, 0.25) is 0 Å². The van der Waals surface area contributed by atoms with E-state index in [1.165, 1.54) is 0 Å². The Bertz CT molecular complexity index is 3990. The second-order valence-electron chi connectivity index (χ2n) is 16.3. The van der Waals surface area contributed by atoms with Crippen molar-refractivity contribution in [1.82, 2.24) is 0 Å². The molecule has 0 unspecified atom stereocenters. The third-order valence-electron chi connectivity index (χ3n) is 12.8. The second-order valence-corrected chi connectivity index (χ2v) is 20.9. The first kappa shape index (κ1) is 55.2. The van der Waals surface area contributed by atoms with Crippen LogP contribution in [-0.4, -0.2) is 16.9 Å². The van der Waals surface area contributed by atoms with Crippen molar-refractivity contribution in [3.8, 4) is 11.1 Å². The summed E-state index contributed by atoms with van der Waals surface area (Å²) in [7, 11) is 0. The van der Waals surface area contributed by atoms with E-state index in [2.05, 4.69) is 0 Å². The van der Waals surface area contributed by atoms with E-state index in [4.69, 9.17) is 0 Å². The Morgan fingerprint density at radius 1 is 0.231 bits per heavy atom. The Balaban J connectivity index is 1.93. The summed E-state index contributed by atoms with van der Waals surface area (Å²) in [5.41, 5.74) is -5.61. The average molecular weight is 1160 g/mol. The van der Waals surface area contributed by atoms with Gasteiger partial charge < -0.3 is 0 Å². The van der Waals surface area contributed by atoms with E-state index in [0.717, 1.165) is 0 Å². The molecule has 0 atom stereocenters. The van der Waals surface area contributed by atoms with Gasteiger partial charge in [0.05, 0.1) is 0 Å². The van der Waals surface area contributed by atoms with Gasteiger partial charge in [-0.15, -0.1) is 0 Å². The van der Waals surface area contributed by atoms with Crippen molar-refractivity contribution in [2.24, 2.45) is 0 Å². The van der Waals surface area contributed by atoms with E-state index >= 15 is 119 Å². The quantitative estimate of drug-likeness (QED) is 0.0573. The molecule has 406 valence electrons. The summed E-state index contributed by atoms with van der Waals surface area (Å²) in [6, 6.07) is -1.19. The molecule has 32 heteroatoms.